The largest absolute Gasteiger partial charge is 0.481 e. The standard InChI is InChI=1S/C13H22N2O3/c1-13(2)5-3-10(4-6-13)14-12(18)15-7-9(8-15)11(16)17/h9-10H,3-8H2,1-2H3,(H,14,18)(H,16,17). The molecule has 102 valence electrons. The lowest BCUT2D eigenvalue weighted by Gasteiger charge is -2.39. The third-order valence-corrected chi connectivity index (χ3v) is 4.18. The number of aliphatic carboxylic acids is 1. The van der Waals surface area contributed by atoms with Crippen LogP contribution in [0.5, 0.6) is 0 Å². The van der Waals surface area contributed by atoms with Gasteiger partial charge < -0.3 is 15.3 Å². The molecule has 5 nitrogen and oxygen atoms in total. The lowest BCUT2D eigenvalue weighted by molar-refractivity contribution is -0.146. The van der Waals surface area contributed by atoms with E-state index in [9.17, 15) is 9.59 Å². The second-order valence-corrected chi connectivity index (χ2v) is 6.33. The molecule has 0 bridgehead atoms. The summed E-state index contributed by atoms with van der Waals surface area (Å²) in [6.45, 7) is 5.22. The van der Waals surface area contributed by atoms with Crippen LogP contribution < -0.4 is 5.32 Å². The van der Waals surface area contributed by atoms with Crippen molar-refractivity contribution in [2.45, 2.75) is 45.6 Å². The van der Waals surface area contributed by atoms with Gasteiger partial charge in [0.1, 0.15) is 0 Å². The Labute approximate surface area is 108 Å². The van der Waals surface area contributed by atoms with Crippen LogP contribution in [0.4, 0.5) is 4.79 Å². The zero-order chi connectivity index (χ0) is 13.3. The molecule has 1 aliphatic heterocycles. The summed E-state index contributed by atoms with van der Waals surface area (Å²) in [6.07, 6.45) is 4.31. The van der Waals surface area contributed by atoms with Crippen LogP contribution in [0.1, 0.15) is 39.5 Å². The molecular formula is C13H22N2O3. The molecule has 1 heterocycles. The summed E-state index contributed by atoms with van der Waals surface area (Å²) in [5.74, 6) is -1.18. The van der Waals surface area contributed by atoms with E-state index in [4.69, 9.17) is 5.11 Å². The minimum absolute atomic E-state index is 0.0998. The zero-order valence-electron chi connectivity index (χ0n) is 11.1. The van der Waals surface area contributed by atoms with Gasteiger partial charge in [-0.1, -0.05) is 13.8 Å². The third kappa shape index (κ3) is 2.94. The van der Waals surface area contributed by atoms with Crippen molar-refractivity contribution in [3.8, 4) is 0 Å². The van der Waals surface area contributed by atoms with Crippen LogP contribution in [0, 0.1) is 11.3 Å². The van der Waals surface area contributed by atoms with Crippen LogP contribution in [0.3, 0.4) is 0 Å². The Kier molecular flexibility index (Phi) is 3.50. The number of carbonyl (C=O) groups excluding carboxylic acids is 1. The summed E-state index contributed by atoms with van der Waals surface area (Å²) in [6, 6.07) is 0.159. The highest BCUT2D eigenvalue weighted by molar-refractivity contribution is 5.79. The first-order chi connectivity index (χ1) is 8.37. The summed E-state index contributed by atoms with van der Waals surface area (Å²) >= 11 is 0. The fraction of sp³-hybridized carbons (Fsp3) is 0.846. The number of urea groups is 1. The second-order valence-electron chi connectivity index (χ2n) is 6.33. The number of carboxylic acids is 1. The van der Waals surface area contributed by atoms with Crippen LogP contribution in [0.2, 0.25) is 0 Å². The first kappa shape index (κ1) is 13.2. The van der Waals surface area contributed by atoms with Gasteiger partial charge in [0.15, 0.2) is 0 Å². The van der Waals surface area contributed by atoms with Crippen molar-refractivity contribution in [2.75, 3.05) is 13.1 Å². The van der Waals surface area contributed by atoms with Gasteiger partial charge in [0.25, 0.3) is 0 Å². The minimum Gasteiger partial charge on any atom is -0.481 e. The van der Waals surface area contributed by atoms with E-state index in [0.29, 0.717) is 18.5 Å². The molecule has 2 fully saturated rings. The molecule has 0 aromatic rings. The number of rotatable bonds is 2. The van der Waals surface area contributed by atoms with E-state index in [2.05, 4.69) is 19.2 Å². The molecular weight excluding hydrogens is 232 g/mol. The quantitative estimate of drug-likeness (QED) is 0.787. The highest BCUT2D eigenvalue weighted by Gasteiger charge is 2.36. The van der Waals surface area contributed by atoms with Crippen molar-refractivity contribution >= 4 is 12.0 Å². The van der Waals surface area contributed by atoms with Gasteiger partial charge in [0.05, 0.1) is 5.92 Å². The van der Waals surface area contributed by atoms with Crippen molar-refractivity contribution in [3.05, 3.63) is 0 Å². The number of nitrogens with zero attached hydrogens (tertiary/aromatic N) is 1. The van der Waals surface area contributed by atoms with Crippen LogP contribution in [-0.2, 0) is 4.79 Å². The van der Waals surface area contributed by atoms with Crippen LogP contribution >= 0.6 is 0 Å². The van der Waals surface area contributed by atoms with Gasteiger partial charge in [-0.05, 0) is 31.1 Å². The molecule has 5 heteroatoms. The minimum atomic E-state index is -0.807. The molecule has 0 spiro atoms. The predicted molar refractivity (Wildman–Crippen MR) is 67.3 cm³/mol. The van der Waals surface area contributed by atoms with E-state index in [1.54, 1.807) is 4.90 Å². The van der Waals surface area contributed by atoms with Crippen molar-refractivity contribution in [1.29, 1.82) is 0 Å². The number of carbonyl (C=O) groups is 2. The van der Waals surface area contributed by atoms with E-state index >= 15 is 0 Å². The van der Waals surface area contributed by atoms with Crippen molar-refractivity contribution in [1.82, 2.24) is 10.2 Å². The fourth-order valence-corrected chi connectivity index (χ4v) is 2.61. The van der Waals surface area contributed by atoms with Gasteiger partial charge in [-0.3, -0.25) is 4.79 Å². The van der Waals surface area contributed by atoms with Gasteiger partial charge in [-0.25, -0.2) is 4.79 Å². The Bertz CT molecular complexity index is 338. The number of amides is 2. The van der Waals surface area contributed by atoms with E-state index < -0.39 is 5.97 Å². The molecule has 0 aromatic heterocycles. The first-order valence-electron chi connectivity index (χ1n) is 6.66. The van der Waals surface area contributed by atoms with Gasteiger partial charge in [0, 0.05) is 19.1 Å². The predicted octanol–water partition coefficient (Wildman–Crippen LogP) is 1.68. The maximum atomic E-state index is 11.8. The van der Waals surface area contributed by atoms with Crippen molar-refractivity contribution in [2.24, 2.45) is 11.3 Å². The van der Waals surface area contributed by atoms with Crippen LogP contribution in [-0.4, -0.2) is 41.1 Å². The van der Waals surface area contributed by atoms with Crippen LogP contribution in [0.25, 0.3) is 0 Å². The molecule has 1 saturated heterocycles. The monoisotopic (exact) mass is 254 g/mol. The number of carboxylic acid groups (broad SMARTS) is 1. The van der Waals surface area contributed by atoms with Gasteiger partial charge >= 0.3 is 12.0 Å². The molecule has 2 amide bonds. The SMILES string of the molecule is CC1(C)CCC(NC(=O)N2CC(C(=O)O)C2)CC1. The molecule has 1 aliphatic carbocycles. The Balaban J connectivity index is 1.72. The van der Waals surface area contributed by atoms with Crippen LogP contribution in [0.15, 0.2) is 0 Å². The molecule has 0 atom stereocenters. The smallest absolute Gasteiger partial charge is 0.317 e. The topological polar surface area (TPSA) is 69.6 Å². The molecule has 18 heavy (non-hydrogen) atoms. The van der Waals surface area contributed by atoms with Gasteiger partial charge in [-0.2, -0.15) is 0 Å². The average molecular weight is 254 g/mol. The molecule has 2 rings (SSSR count). The Morgan fingerprint density at radius 3 is 2.28 bits per heavy atom. The van der Waals surface area contributed by atoms with E-state index in [-0.39, 0.29) is 18.0 Å². The maximum absolute atomic E-state index is 11.8. The van der Waals surface area contributed by atoms with Crippen molar-refractivity contribution in [3.63, 3.8) is 0 Å². The summed E-state index contributed by atoms with van der Waals surface area (Å²) < 4.78 is 0. The number of hydrogen-bond donors (Lipinski definition) is 2. The fourth-order valence-electron chi connectivity index (χ4n) is 2.61. The summed E-state index contributed by atoms with van der Waals surface area (Å²) in [4.78, 5) is 24.1. The highest BCUT2D eigenvalue weighted by atomic mass is 16.4. The summed E-state index contributed by atoms with van der Waals surface area (Å²) in [5.41, 5.74) is 0.395. The zero-order valence-corrected chi connectivity index (χ0v) is 11.1. The maximum Gasteiger partial charge on any atom is 0.317 e. The van der Waals surface area contributed by atoms with Gasteiger partial charge in [-0.15, -0.1) is 0 Å². The molecule has 0 radical (unpaired) electrons. The summed E-state index contributed by atoms with van der Waals surface area (Å²) in [7, 11) is 0. The number of nitrogens with one attached hydrogen (secondary N) is 1. The van der Waals surface area contributed by atoms with E-state index in [0.717, 1.165) is 25.7 Å². The second kappa shape index (κ2) is 4.78. The molecule has 2 aliphatic rings. The normalized spacial score (nSPS) is 24.4. The molecule has 0 unspecified atom stereocenters. The van der Waals surface area contributed by atoms with E-state index in [1.807, 2.05) is 0 Å². The average Bonchev–Trinajstić information content (AvgIpc) is 2.18. The number of likely N-dealkylation sites (tertiary alicyclic amines) is 1. The first-order valence-corrected chi connectivity index (χ1v) is 6.66. The Morgan fingerprint density at radius 2 is 1.78 bits per heavy atom. The number of hydrogen-bond acceptors (Lipinski definition) is 2. The van der Waals surface area contributed by atoms with Gasteiger partial charge in [0.2, 0.25) is 0 Å². The highest BCUT2D eigenvalue weighted by Crippen LogP contribution is 2.35. The molecule has 2 N–H and O–H groups in total. The Hall–Kier alpha value is -1.26. The molecule has 0 aromatic carbocycles. The third-order valence-electron chi connectivity index (χ3n) is 4.18. The lowest BCUT2D eigenvalue weighted by atomic mass is 9.75. The van der Waals surface area contributed by atoms with Crippen molar-refractivity contribution < 1.29 is 14.7 Å². The Morgan fingerprint density at radius 1 is 1.22 bits per heavy atom. The lowest BCUT2D eigenvalue weighted by Crippen LogP contribution is -2.57. The van der Waals surface area contributed by atoms with E-state index in [1.165, 1.54) is 0 Å². The summed E-state index contributed by atoms with van der Waals surface area (Å²) in [5, 5.41) is 11.8. The molecule has 1 saturated carbocycles.